The Balaban J connectivity index is 2.18. The molecule has 0 saturated heterocycles. The smallest absolute Gasteiger partial charge is 0.250 e. The number of rotatable bonds is 5. The number of allylic oxidation sites excluding steroid dienone is 1. The number of benzene rings is 2. The molecule has 124 valence electrons. The average Bonchev–Trinajstić information content (AvgIpc) is 2.54. The Labute approximate surface area is 145 Å². The highest BCUT2D eigenvalue weighted by atomic mass is 35.5. The van der Waals surface area contributed by atoms with Crippen LogP contribution in [-0.2, 0) is 4.79 Å². The van der Waals surface area contributed by atoms with Gasteiger partial charge in [0.2, 0.25) is 11.8 Å². The van der Waals surface area contributed by atoms with Crippen molar-refractivity contribution in [2.24, 2.45) is 5.73 Å². The minimum atomic E-state index is -0.621. The van der Waals surface area contributed by atoms with Crippen LogP contribution < -0.4 is 15.8 Å². The molecule has 0 atom stereocenters. The molecular weight excluding hydrogens is 328 g/mol. The van der Waals surface area contributed by atoms with Crippen molar-refractivity contribution in [1.82, 2.24) is 0 Å². The van der Waals surface area contributed by atoms with Gasteiger partial charge in [0.25, 0.3) is 0 Å². The third-order valence-corrected chi connectivity index (χ3v) is 3.69. The van der Waals surface area contributed by atoms with Crippen LogP contribution in [0.2, 0.25) is 5.02 Å². The molecule has 2 rings (SSSR count). The van der Waals surface area contributed by atoms with E-state index in [-0.39, 0.29) is 16.5 Å². The zero-order chi connectivity index (χ0) is 17.7. The Morgan fingerprint density at radius 2 is 1.88 bits per heavy atom. The fourth-order valence-corrected chi connectivity index (χ4v) is 2.49. The largest absolute Gasteiger partial charge is 0.496 e. The molecule has 0 aromatic heterocycles. The minimum absolute atomic E-state index is 0.186. The Morgan fingerprint density at radius 1 is 1.17 bits per heavy atom. The second-order valence-electron chi connectivity index (χ2n) is 5.08. The number of amides is 2. The van der Waals surface area contributed by atoms with Crippen LogP contribution in [0.25, 0.3) is 5.57 Å². The Morgan fingerprint density at radius 3 is 2.50 bits per heavy atom. The van der Waals surface area contributed by atoms with Crippen molar-refractivity contribution in [3.63, 3.8) is 0 Å². The zero-order valence-electron chi connectivity index (χ0n) is 13.3. The van der Waals surface area contributed by atoms with E-state index in [1.54, 1.807) is 13.2 Å². The number of ether oxygens (including phenoxy) is 1. The lowest BCUT2D eigenvalue weighted by molar-refractivity contribution is -0.111. The number of methoxy groups -OCH3 is 1. The first kappa shape index (κ1) is 17.6. The van der Waals surface area contributed by atoms with E-state index in [2.05, 4.69) is 5.32 Å². The molecule has 0 heterocycles. The van der Waals surface area contributed by atoms with Crippen LogP contribution in [0.3, 0.4) is 0 Å². The summed E-state index contributed by atoms with van der Waals surface area (Å²) in [6, 6.07) is 11.9. The molecule has 0 aliphatic rings. The monoisotopic (exact) mass is 344 g/mol. The number of halogens is 1. The quantitative estimate of drug-likeness (QED) is 0.814. The van der Waals surface area contributed by atoms with E-state index in [1.807, 2.05) is 31.2 Å². The molecule has 0 saturated carbocycles. The third kappa shape index (κ3) is 4.14. The number of carbonyl (C=O) groups is 2. The van der Waals surface area contributed by atoms with Gasteiger partial charge in [-0.15, -0.1) is 0 Å². The number of hydrogen-bond donors (Lipinski definition) is 2. The van der Waals surface area contributed by atoms with Gasteiger partial charge in [0, 0.05) is 17.3 Å². The van der Waals surface area contributed by atoms with Gasteiger partial charge in [-0.3, -0.25) is 9.59 Å². The molecule has 0 aliphatic heterocycles. The summed E-state index contributed by atoms with van der Waals surface area (Å²) in [5.41, 5.74) is 7.45. The summed E-state index contributed by atoms with van der Waals surface area (Å²) in [6.07, 6.45) is 1.47. The number of anilines is 1. The van der Waals surface area contributed by atoms with Crippen LogP contribution in [0.1, 0.15) is 22.8 Å². The fourth-order valence-electron chi connectivity index (χ4n) is 2.22. The van der Waals surface area contributed by atoms with E-state index in [9.17, 15) is 9.59 Å². The predicted molar refractivity (Wildman–Crippen MR) is 95.2 cm³/mol. The maximum atomic E-state index is 12.2. The molecule has 0 spiro atoms. The van der Waals surface area contributed by atoms with E-state index in [0.717, 1.165) is 11.1 Å². The molecule has 0 radical (unpaired) electrons. The molecule has 2 aromatic rings. The van der Waals surface area contributed by atoms with Gasteiger partial charge >= 0.3 is 0 Å². The van der Waals surface area contributed by atoms with Gasteiger partial charge in [0.15, 0.2) is 0 Å². The van der Waals surface area contributed by atoms with E-state index >= 15 is 0 Å². The third-order valence-electron chi connectivity index (χ3n) is 3.38. The second kappa shape index (κ2) is 7.66. The molecule has 6 heteroatoms. The molecule has 0 bridgehead atoms. The Kier molecular flexibility index (Phi) is 5.60. The van der Waals surface area contributed by atoms with Crippen molar-refractivity contribution in [3.05, 3.63) is 64.7 Å². The maximum absolute atomic E-state index is 12.2. The normalized spacial score (nSPS) is 11.0. The number of carbonyl (C=O) groups excluding carboxylic acids is 2. The van der Waals surface area contributed by atoms with E-state index < -0.39 is 5.91 Å². The topological polar surface area (TPSA) is 81.4 Å². The van der Waals surface area contributed by atoms with Crippen LogP contribution in [0.5, 0.6) is 5.75 Å². The lowest BCUT2D eigenvalue weighted by Gasteiger charge is -2.09. The van der Waals surface area contributed by atoms with Gasteiger partial charge in [0.05, 0.1) is 17.7 Å². The first-order valence-electron chi connectivity index (χ1n) is 7.14. The molecule has 3 N–H and O–H groups in total. The standard InChI is InChI=1S/C18H17ClN2O3/c1-11(13-5-3-4-6-16(13)24-2)9-17(22)21-12-7-8-14(18(20)23)15(19)10-12/h3-10H,1-2H3,(H2,20,23)(H,21,22). The fraction of sp³-hybridized carbons (Fsp3) is 0.111. The van der Waals surface area contributed by atoms with Gasteiger partial charge in [-0.25, -0.2) is 0 Å². The first-order chi connectivity index (χ1) is 11.4. The number of primary amides is 1. The van der Waals surface area contributed by atoms with Crippen molar-refractivity contribution >= 4 is 34.7 Å². The van der Waals surface area contributed by atoms with Crippen LogP contribution >= 0.6 is 11.6 Å². The van der Waals surface area contributed by atoms with Gasteiger partial charge in [-0.2, -0.15) is 0 Å². The van der Waals surface area contributed by atoms with Crippen LogP contribution in [0, 0.1) is 0 Å². The lowest BCUT2D eigenvalue weighted by atomic mass is 10.1. The number of para-hydroxylation sites is 1. The summed E-state index contributed by atoms with van der Waals surface area (Å²) in [6.45, 7) is 1.82. The molecule has 0 unspecified atom stereocenters. The predicted octanol–water partition coefficient (Wildman–Crippen LogP) is 3.49. The molecule has 0 aliphatic carbocycles. The molecular formula is C18H17ClN2O3. The van der Waals surface area contributed by atoms with E-state index in [4.69, 9.17) is 22.1 Å². The summed E-state index contributed by atoms with van der Waals surface area (Å²) in [7, 11) is 1.58. The maximum Gasteiger partial charge on any atom is 0.250 e. The Bertz CT molecular complexity index is 816. The highest BCUT2D eigenvalue weighted by molar-refractivity contribution is 6.34. The Hall–Kier alpha value is -2.79. The van der Waals surface area contributed by atoms with Crippen LogP contribution in [0.4, 0.5) is 5.69 Å². The highest BCUT2D eigenvalue weighted by Gasteiger charge is 2.09. The molecule has 24 heavy (non-hydrogen) atoms. The van der Waals surface area contributed by atoms with Crippen molar-refractivity contribution in [2.45, 2.75) is 6.92 Å². The van der Waals surface area contributed by atoms with Crippen molar-refractivity contribution < 1.29 is 14.3 Å². The van der Waals surface area contributed by atoms with Gasteiger partial charge in [-0.1, -0.05) is 29.8 Å². The number of nitrogens with two attached hydrogens (primary N) is 1. The van der Waals surface area contributed by atoms with E-state index in [1.165, 1.54) is 18.2 Å². The number of hydrogen-bond acceptors (Lipinski definition) is 3. The molecule has 5 nitrogen and oxygen atoms in total. The molecule has 0 fully saturated rings. The van der Waals surface area contributed by atoms with Crippen molar-refractivity contribution in [1.29, 1.82) is 0 Å². The summed E-state index contributed by atoms with van der Waals surface area (Å²) in [4.78, 5) is 23.3. The van der Waals surface area contributed by atoms with Crippen LogP contribution in [0.15, 0.2) is 48.5 Å². The highest BCUT2D eigenvalue weighted by Crippen LogP contribution is 2.25. The summed E-state index contributed by atoms with van der Waals surface area (Å²) < 4.78 is 5.28. The molecule has 2 amide bonds. The summed E-state index contributed by atoms with van der Waals surface area (Å²) >= 11 is 5.96. The SMILES string of the molecule is COc1ccccc1C(C)=CC(=O)Nc1ccc(C(N)=O)c(Cl)c1. The second-order valence-corrected chi connectivity index (χ2v) is 5.48. The summed E-state index contributed by atoms with van der Waals surface area (Å²) in [5.74, 6) is -0.251. The van der Waals surface area contributed by atoms with Gasteiger partial charge < -0.3 is 15.8 Å². The van der Waals surface area contributed by atoms with Crippen molar-refractivity contribution in [3.8, 4) is 5.75 Å². The average molecular weight is 345 g/mol. The minimum Gasteiger partial charge on any atom is -0.496 e. The van der Waals surface area contributed by atoms with E-state index in [0.29, 0.717) is 11.4 Å². The van der Waals surface area contributed by atoms with Gasteiger partial charge in [-0.05, 0) is 36.8 Å². The molecule has 2 aromatic carbocycles. The van der Waals surface area contributed by atoms with Gasteiger partial charge in [0.1, 0.15) is 5.75 Å². The first-order valence-corrected chi connectivity index (χ1v) is 7.52. The lowest BCUT2D eigenvalue weighted by Crippen LogP contribution is -2.13. The zero-order valence-corrected chi connectivity index (χ0v) is 14.1. The summed E-state index contributed by atoms with van der Waals surface area (Å²) in [5, 5.41) is 2.88. The van der Waals surface area contributed by atoms with Crippen molar-refractivity contribution in [2.75, 3.05) is 12.4 Å². The number of nitrogens with one attached hydrogen (secondary N) is 1. The van der Waals surface area contributed by atoms with Crippen LogP contribution in [-0.4, -0.2) is 18.9 Å².